The molecule has 0 saturated carbocycles. The van der Waals surface area contributed by atoms with Crippen molar-refractivity contribution in [1.29, 1.82) is 0 Å². The Morgan fingerprint density at radius 1 is 1.06 bits per heavy atom. The molecule has 2 aliphatic heterocycles. The molecule has 8 nitrogen and oxygen atoms in total. The summed E-state index contributed by atoms with van der Waals surface area (Å²) in [5.74, 6) is 0.250. The van der Waals surface area contributed by atoms with Gasteiger partial charge in [-0.2, -0.15) is 0 Å². The number of aromatic nitrogens is 1. The van der Waals surface area contributed by atoms with Crippen molar-refractivity contribution in [2.45, 2.75) is 12.0 Å². The number of carbonyl (C=O) groups is 2. The van der Waals surface area contributed by atoms with Gasteiger partial charge in [0.2, 0.25) is 5.91 Å². The number of piperazine rings is 1. The van der Waals surface area contributed by atoms with Crippen LogP contribution < -0.4 is 9.47 Å². The minimum atomic E-state index is -0.565. The molecule has 1 saturated heterocycles. The first-order valence-corrected chi connectivity index (χ1v) is 10.4. The van der Waals surface area contributed by atoms with E-state index in [-0.39, 0.29) is 11.8 Å². The minimum Gasteiger partial charge on any atom is -0.493 e. The van der Waals surface area contributed by atoms with Crippen LogP contribution in [-0.2, 0) is 4.79 Å². The van der Waals surface area contributed by atoms with Gasteiger partial charge in [-0.15, -0.1) is 0 Å². The monoisotopic (exact) mass is 424 g/mol. The van der Waals surface area contributed by atoms with Gasteiger partial charge in [0.1, 0.15) is 0 Å². The highest BCUT2D eigenvalue weighted by molar-refractivity contribution is 6.02. The van der Waals surface area contributed by atoms with E-state index in [0.717, 1.165) is 18.7 Å². The lowest BCUT2D eigenvalue weighted by Crippen LogP contribution is -2.52. The molecule has 3 heterocycles. The maximum Gasteiger partial charge on any atom is 0.254 e. The summed E-state index contributed by atoms with van der Waals surface area (Å²) in [6, 6.07) is 6.74. The smallest absolute Gasteiger partial charge is 0.254 e. The van der Waals surface area contributed by atoms with E-state index in [0.29, 0.717) is 35.7 Å². The maximum atomic E-state index is 13.9. The lowest BCUT2D eigenvalue weighted by Gasteiger charge is -2.43. The highest BCUT2D eigenvalue weighted by atomic mass is 16.5. The van der Waals surface area contributed by atoms with Gasteiger partial charge < -0.3 is 24.2 Å². The summed E-state index contributed by atoms with van der Waals surface area (Å²) < 4.78 is 10.9. The normalized spacial score (nSPS) is 21.6. The molecule has 1 aromatic heterocycles. The number of rotatable bonds is 4. The molecule has 164 valence electrons. The molecule has 0 aliphatic carbocycles. The van der Waals surface area contributed by atoms with Gasteiger partial charge in [-0.05, 0) is 36.4 Å². The third-order valence-corrected chi connectivity index (χ3v) is 6.28. The quantitative estimate of drug-likeness (QED) is 0.745. The van der Waals surface area contributed by atoms with Crippen LogP contribution in [-0.4, -0.2) is 86.0 Å². The number of hydrogen-bond donors (Lipinski definition) is 0. The van der Waals surface area contributed by atoms with Crippen molar-refractivity contribution < 1.29 is 19.1 Å². The van der Waals surface area contributed by atoms with Crippen molar-refractivity contribution in [2.75, 3.05) is 54.5 Å². The summed E-state index contributed by atoms with van der Waals surface area (Å²) in [5, 5.41) is 0. The summed E-state index contributed by atoms with van der Waals surface area (Å²) in [5.41, 5.74) is 1.96. The maximum absolute atomic E-state index is 13.9. The van der Waals surface area contributed by atoms with Crippen LogP contribution in [0.1, 0.15) is 33.4 Å². The Bertz CT molecular complexity index is 973. The molecular formula is C23H28N4O4. The number of hydrogen-bond acceptors (Lipinski definition) is 6. The van der Waals surface area contributed by atoms with E-state index in [9.17, 15) is 9.59 Å². The molecule has 0 unspecified atom stereocenters. The number of carbonyl (C=O) groups excluding carboxylic acids is 2. The lowest BCUT2D eigenvalue weighted by molar-refractivity contribution is -0.136. The van der Waals surface area contributed by atoms with Crippen LogP contribution >= 0.6 is 0 Å². The predicted octanol–water partition coefficient (Wildman–Crippen LogP) is 1.78. The highest BCUT2D eigenvalue weighted by Crippen LogP contribution is 2.46. The molecule has 0 radical (unpaired) electrons. The summed E-state index contributed by atoms with van der Waals surface area (Å²) >= 11 is 0. The molecule has 2 atom stereocenters. The lowest BCUT2D eigenvalue weighted by atomic mass is 9.79. The van der Waals surface area contributed by atoms with Crippen LogP contribution in [0.25, 0.3) is 0 Å². The number of pyridine rings is 1. The number of nitrogens with zero attached hydrogens (tertiary/aromatic N) is 4. The highest BCUT2D eigenvalue weighted by Gasteiger charge is 2.45. The molecule has 31 heavy (non-hydrogen) atoms. The van der Waals surface area contributed by atoms with E-state index in [1.54, 1.807) is 43.6 Å². The molecule has 2 aromatic rings. The minimum absolute atomic E-state index is 0.00905. The molecule has 0 bridgehead atoms. The fourth-order valence-electron chi connectivity index (χ4n) is 4.51. The van der Waals surface area contributed by atoms with Crippen molar-refractivity contribution in [1.82, 2.24) is 19.7 Å². The number of fused-ring (bicyclic) bond motifs is 1. The number of likely N-dealkylation sites (N-methyl/N-ethyl adjacent to an activating group) is 2. The first kappa shape index (κ1) is 21.1. The third kappa shape index (κ3) is 3.72. The number of benzene rings is 1. The van der Waals surface area contributed by atoms with Crippen molar-refractivity contribution in [2.24, 2.45) is 0 Å². The largest absolute Gasteiger partial charge is 0.493 e. The third-order valence-electron chi connectivity index (χ3n) is 6.28. The molecule has 1 aromatic carbocycles. The van der Waals surface area contributed by atoms with Gasteiger partial charge in [0.05, 0.1) is 26.2 Å². The van der Waals surface area contributed by atoms with Crippen LogP contribution in [0.15, 0.2) is 36.7 Å². The van der Waals surface area contributed by atoms with Gasteiger partial charge in [-0.1, -0.05) is 6.07 Å². The molecule has 2 amide bonds. The topological polar surface area (TPSA) is 75.2 Å². The van der Waals surface area contributed by atoms with Crippen molar-refractivity contribution >= 4 is 11.8 Å². The van der Waals surface area contributed by atoms with Crippen LogP contribution in [0, 0.1) is 0 Å². The number of methoxy groups -OCH3 is 2. The zero-order valence-electron chi connectivity index (χ0n) is 18.4. The SMILES string of the molecule is COc1cc2c(cc1OC)[C@@H](C(=O)N1CCN(C)CC1)[C@H](c1cccnc1)N(C)C2=O. The Morgan fingerprint density at radius 2 is 1.74 bits per heavy atom. The van der Waals surface area contributed by atoms with E-state index in [1.807, 2.05) is 17.0 Å². The van der Waals surface area contributed by atoms with Crippen molar-refractivity contribution in [3.63, 3.8) is 0 Å². The first-order valence-electron chi connectivity index (χ1n) is 10.4. The first-order chi connectivity index (χ1) is 15.0. The fourth-order valence-corrected chi connectivity index (χ4v) is 4.51. The molecular weight excluding hydrogens is 396 g/mol. The molecule has 2 aliphatic rings. The molecule has 4 rings (SSSR count). The second kappa shape index (κ2) is 8.55. The van der Waals surface area contributed by atoms with Gasteiger partial charge in [0.25, 0.3) is 5.91 Å². The Morgan fingerprint density at radius 3 is 2.35 bits per heavy atom. The molecule has 0 N–H and O–H groups in total. The number of ether oxygens (including phenoxy) is 2. The van der Waals surface area contributed by atoms with Gasteiger partial charge >= 0.3 is 0 Å². The second-order valence-electron chi connectivity index (χ2n) is 8.05. The van der Waals surface area contributed by atoms with E-state index in [2.05, 4.69) is 16.9 Å². The van der Waals surface area contributed by atoms with Gasteiger partial charge in [-0.3, -0.25) is 14.6 Å². The Labute approximate surface area is 182 Å². The van der Waals surface area contributed by atoms with E-state index in [1.165, 1.54) is 7.11 Å². The fraction of sp³-hybridized carbons (Fsp3) is 0.435. The van der Waals surface area contributed by atoms with Gasteiger partial charge in [0.15, 0.2) is 11.5 Å². The second-order valence-corrected chi connectivity index (χ2v) is 8.05. The summed E-state index contributed by atoms with van der Waals surface area (Å²) in [7, 11) is 6.88. The Balaban J connectivity index is 1.87. The zero-order valence-corrected chi connectivity index (χ0v) is 18.4. The average molecular weight is 425 g/mol. The standard InChI is InChI=1S/C23H28N4O4/c1-25-8-10-27(11-9-25)23(29)20-16-12-18(30-3)19(31-4)13-17(16)22(28)26(2)21(20)15-6-5-7-24-14-15/h5-7,12-14,20-21H,8-11H2,1-4H3/t20-,21+/m1/s1. The van der Waals surface area contributed by atoms with Crippen LogP contribution in [0.4, 0.5) is 0 Å². The van der Waals surface area contributed by atoms with E-state index in [4.69, 9.17) is 9.47 Å². The van der Waals surface area contributed by atoms with Gasteiger partial charge in [-0.25, -0.2) is 0 Å². The summed E-state index contributed by atoms with van der Waals surface area (Å²) in [6.45, 7) is 2.96. The molecule has 1 fully saturated rings. The van der Waals surface area contributed by atoms with E-state index < -0.39 is 12.0 Å². The zero-order chi connectivity index (χ0) is 22.1. The summed E-state index contributed by atoms with van der Waals surface area (Å²) in [6.07, 6.45) is 3.41. The van der Waals surface area contributed by atoms with Crippen LogP contribution in [0.5, 0.6) is 11.5 Å². The van der Waals surface area contributed by atoms with Gasteiger partial charge in [0, 0.05) is 51.2 Å². The molecule has 0 spiro atoms. The molecule has 8 heteroatoms. The Hall–Kier alpha value is -3.13. The summed E-state index contributed by atoms with van der Waals surface area (Å²) in [4.78, 5) is 37.2. The average Bonchev–Trinajstić information content (AvgIpc) is 2.81. The van der Waals surface area contributed by atoms with Crippen molar-refractivity contribution in [3.05, 3.63) is 53.3 Å². The predicted molar refractivity (Wildman–Crippen MR) is 115 cm³/mol. The van der Waals surface area contributed by atoms with Crippen LogP contribution in [0.3, 0.4) is 0 Å². The van der Waals surface area contributed by atoms with E-state index >= 15 is 0 Å². The van der Waals surface area contributed by atoms with Crippen LogP contribution in [0.2, 0.25) is 0 Å². The Kier molecular flexibility index (Phi) is 5.82. The van der Waals surface area contributed by atoms with Crippen molar-refractivity contribution in [3.8, 4) is 11.5 Å². The number of amides is 2.